The fraction of sp³-hybridized carbons (Fsp3) is 0.462. The third kappa shape index (κ3) is 2.70. The van der Waals surface area contributed by atoms with Gasteiger partial charge in [0.05, 0.1) is 19.1 Å². The van der Waals surface area contributed by atoms with Gasteiger partial charge in [-0.15, -0.1) is 0 Å². The maximum Gasteiger partial charge on any atom is 0.144 e. The van der Waals surface area contributed by atoms with Crippen LogP contribution in [0, 0.1) is 11.7 Å². The van der Waals surface area contributed by atoms with Gasteiger partial charge in [-0.05, 0) is 18.7 Å². The molecule has 0 aromatic heterocycles. The predicted molar refractivity (Wildman–Crippen MR) is 62.3 cm³/mol. The third-order valence-electron chi connectivity index (χ3n) is 3.19. The summed E-state index contributed by atoms with van der Waals surface area (Å²) >= 11 is 0. The SMILES string of the molecule is CNC1COCC1C(=O)Cc1ccccc1F. The first kappa shape index (κ1) is 12.2. The van der Waals surface area contributed by atoms with Crippen molar-refractivity contribution in [1.29, 1.82) is 0 Å². The normalized spacial score (nSPS) is 23.9. The number of rotatable bonds is 4. The molecule has 1 aliphatic heterocycles. The number of ether oxygens (including phenoxy) is 1. The van der Waals surface area contributed by atoms with E-state index in [1.165, 1.54) is 6.07 Å². The molecule has 4 heteroatoms. The first-order chi connectivity index (χ1) is 8.22. The summed E-state index contributed by atoms with van der Waals surface area (Å²) in [5.41, 5.74) is 0.458. The van der Waals surface area contributed by atoms with Gasteiger partial charge in [0.1, 0.15) is 11.6 Å². The van der Waals surface area contributed by atoms with Crippen LogP contribution < -0.4 is 5.32 Å². The van der Waals surface area contributed by atoms with Crippen molar-refractivity contribution in [2.75, 3.05) is 20.3 Å². The van der Waals surface area contributed by atoms with Crippen LogP contribution in [0.15, 0.2) is 24.3 Å². The molecule has 0 aliphatic carbocycles. The van der Waals surface area contributed by atoms with Crippen molar-refractivity contribution in [2.45, 2.75) is 12.5 Å². The van der Waals surface area contributed by atoms with E-state index in [9.17, 15) is 9.18 Å². The molecule has 0 saturated carbocycles. The lowest BCUT2D eigenvalue weighted by atomic mass is 9.94. The van der Waals surface area contributed by atoms with E-state index in [1.54, 1.807) is 18.2 Å². The zero-order valence-electron chi connectivity index (χ0n) is 9.78. The highest BCUT2D eigenvalue weighted by molar-refractivity contribution is 5.84. The number of carbonyl (C=O) groups is 1. The van der Waals surface area contributed by atoms with Crippen molar-refractivity contribution >= 4 is 5.78 Å². The first-order valence-corrected chi connectivity index (χ1v) is 5.73. The quantitative estimate of drug-likeness (QED) is 0.854. The number of hydrogen-bond acceptors (Lipinski definition) is 3. The molecule has 2 atom stereocenters. The van der Waals surface area contributed by atoms with E-state index < -0.39 is 0 Å². The molecular weight excluding hydrogens is 221 g/mol. The van der Waals surface area contributed by atoms with Crippen LogP contribution in [0.4, 0.5) is 4.39 Å². The van der Waals surface area contributed by atoms with Gasteiger partial charge in [-0.2, -0.15) is 0 Å². The van der Waals surface area contributed by atoms with Crippen LogP contribution in [0.2, 0.25) is 0 Å². The second-order valence-electron chi connectivity index (χ2n) is 4.27. The van der Waals surface area contributed by atoms with Crippen molar-refractivity contribution in [3.63, 3.8) is 0 Å². The zero-order valence-corrected chi connectivity index (χ0v) is 9.78. The molecule has 3 nitrogen and oxygen atoms in total. The molecule has 1 aromatic rings. The monoisotopic (exact) mass is 237 g/mol. The molecule has 0 radical (unpaired) electrons. The smallest absolute Gasteiger partial charge is 0.144 e. The van der Waals surface area contributed by atoms with Gasteiger partial charge in [0, 0.05) is 12.5 Å². The van der Waals surface area contributed by atoms with Gasteiger partial charge >= 0.3 is 0 Å². The lowest BCUT2D eigenvalue weighted by Gasteiger charge is -2.15. The van der Waals surface area contributed by atoms with Crippen molar-refractivity contribution in [1.82, 2.24) is 5.32 Å². The fourth-order valence-electron chi connectivity index (χ4n) is 2.12. The minimum Gasteiger partial charge on any atom is -0.379 e. The lowest BCUT2D eigenvalue weighted by molar-refractivity contribution is -0.122. The van der Waals surface area contributed by atoms with Gasteiger partial charge in [-0.1, -0.05) is 18.2 Å². The fourth-order valence-corrected chi connectivity index (χ4v) is 2.12. The lowest BCUT2D eigenvalue weighted by Crippen LogP contribution is -2.37. The van der Waals surface area contributed by atoms with Crippen LogP contribution in [0.3, 0.4) is 0 Å². The average molecular weight is 237 g/mol. The standard InChI is InChI=1S/C13H16FNO2/c1-15-12-8-17-7-10(12)13(16)6-9-4-2-3-5-11(9)14/h2-5,10,12,15H,6-8H2,1H3. The number of carbonyl (C=O) groups excluding carboxylic acids is 1. The summed E-state index contributed by atoms with van der Waals surface area (Å²) in [7, 11) is 1.81. The highest BCUT2D eigenvalue weighted by Gasteiger charge is 2.32. The zero-order chi connectivity index (χ0) is 12.3. The summed E-state index contributed by atoms with van der Waals surface area (Å²) < 4.78 is 18.7. The van der Waals surface area contributed by atoms with Crippen LogP contribution in [0.5, 0.6) is 0 Å². The summed E-state index contributed by atoms with van der Waals surface area (Å²) in [4.78, 5) is 12.0. The second kappa shape index (κ2) is 5.38. The molecule has 17 heavy (non-hydrogen) atoms. The number of Topliss-reactive ketones (excluding diaryl/α,β-unsaturated/α-hetero) is 1. The van der Waals surface area contributed by atoms with Crippen LogP contribution in [0.1, 0.15) is 5.56 Å². The Balaban J connectivity index is 2.04. The van der Waals surface area contributed by atoms with E-state index in [0.29, 0.717) is 18.8 Å². The van der Waals surface area contributed by atoms with E-state index in [0.717, 1.165) is 0 Å². The van der Waals surface area contributed by atoms with E-state index in [-0.39, 0.29) is 30.0 Å². The molecule has 2 unspecified atom stereocenters. The van der Waals surface area contributed by atoms with Crippen molar-refractivity contribution in [3.8, 4) is 0 Å². The Morgan fingerprint density at radius 1 is 1.47 bits per heavy atom. The van der Waals surface area contributed by atoms with Crippen LogP contribution >= 0.6 is 0 Å². The highest BCUT2D eigenvalue weighted by Crippen LogP contribution is 2.18. The van der Waals surface area contributed by atoms with E-state index in [1.807, 2.05) is 7.05 Å². The maximum absolute atomic E-state index is 13.4. The van der Waals surface area contributed by atoms with Gasteiger partial charge < -0.3 is 10.1 Å². The Hall–Kier alpha value is -1.26. The van der Waals surface area contributed by atoms with E-state index in [4.69, 9.17) is 4.74 Å². The largest absolute Gasteiger partial charge is 0.379 e. The molecule has 1 fully saturated rings. The molecule has 1 saturated heterocycles. The summed E-state index contributed by atoms with van der Waals surface area (Å²) in [5, 5.41) is 3.06. The Labute approximate surface area is 100.0 Å². The van der Waals surface area contributed by atoms with Gasteiger partial charge in [0.2, 0.25) is 0 Å². The number of likely N-dealkylation sites (N-methyl/N-ethyl adjacent to an activating group) is 1. The summed E-state index contributed by atoms with van der Waals surface area (Å²) in [6.07, 6.45) is 0.138. The third-order valence-corrected chi connectivity index (χ3v) is 3.19. The number of benzene rings is 1. The number of hydrogen-bond donors (Lipinski definition) is 1. The van der Waals surface area contributed by atoms with Gasteiger partial charge in [0.25, 0.3) is 0 Å². The molecule has 2 rings (SSSR count). The number of ketones is 1. The summed E-state index contributed by atoms with van der Waals surface area (Å²) in [5.74, 6) is -0.452. The molecule has 1 aliphatic rings. The van der Waals surface area contributed by atoms with E-state index >= 15 is 0 Å². The molecule has 1 heterocycles. The first-order valence-electron chi connectivity index (χ1n) is 5.73. The van der Waals surface area contributed by atoms with Crippen molar-refractivity contribution in [2.24, 2.45) is 5.92 Å². The predicted octanol–water partition coefficient (Wildman–Crippen LogP) is 1.17. The topological polar surface area (TPSA) is 38.3 Å². The molecule has 0 spiro atoms. The average Bonchev–Trinajstić information content (AvgIpc) is 2.80. The second-order valence-corrected chi connectivity index (χ2v) is 4.27. The van der Waals surface area contributed by atoms with Crippen molar-refractivity contribution < 1.29 is 13.9 Å². The molecule has 0 amide bonds. The Morgan fingerprint density at radius 2 is 2.24 bits per heavy atom. The van der Waals surface area contributed by atoms with Crippen LogP contribution in [0.25, 0.3) is 0 Å². The Kier molecular flexibility index (Phi) is 3.86. The Morgan fingerprint density at radius 3 is 2.94 bits per heavy atom. The molecule has 92 valence electrons. The van der Waals surface area contributed by atoms with Gasteiger partial charge in [-0.3, -0.25) is 4.79 Å². The highest BCUT2D eigenvalue weighted by atomic mass is 19.1. The maximum atomic E-state index is 13.4. The number of nitrogens with one attached hydrogen (secondary N) is 1. The Bertz CT molecular complexity index is 408. The minimum absolute atomic E-state index is 0.0342. The molecule has 1 aromatic carbocycles. The summed E-state index contributed by atoms with van der Waals surface area (Å²) in [6, 6.07) is 6.44. The number of halogens is 1. The van der Waals surface area contributed by atoms with Crippen LogP contribution in [-0.2, 0) is 16.0 Å². The van der Waals surface area contributed by atoms with Gasteiger partial charge in [0.15, 0.2) is 0 Å². The molecular formula is C13H16FNO2. The summed E-state index contributed by atoms with van der Waals surface area (Å²) in [6.45, 7) is 0.975. The van der Waals surface area contributed by atoms with E-state index in [2.05, 4.69) is 5.32 Å². The molecule has 1 N–H and O–H groups in total. The molecule has 0 bridgehead atoms. The van der Waals surface area contributed by atoms with Gasteiger partial charge in [-0.25, -0.2) is 4.39 Å². The van der Waals surface area contributed by atoms with Crippen molar-refractivity contribution in [3.05, 3.63) is 35.6 Å². The minimum atomic E-state index is -0.319. The van der Waals surface area contributed by atoms with Crippen LogP contribution in [-0.4, -0.2) is 32.1 Å².